The lowest BCUT2D eigenvalue weighted by Gasteiger charge is -2.06. The number of aromatic nitrogens is 2. The Bertz CT molecular complexity index is 641. The third-order valence-corrected chi connectivity index (χ3v) is 2.68. The van der Waals surface area contributed by atoms with E-state index in [1.54, 1.807) is 6.92 Å². The summed E-state index contributed by atoms with van der Waals surface area (Å²) in [4.78, 5) is 15.4. The smallest absolute Gasteiger partial charge is 0.360 e. The van der Waals surface area contributed by atoms with Crippen LogP contribution in [0.4, 0.5) is 14.6 Å². The molecule has 0 aliphatic rings. The fourth-order valence-corrected chi connectivity index (χ4v) is 1.71. The van der Waals surface area contributed by atoms with Crippen molar-refractivity contribution in [1.29, 1.82) is 0 Å². The predicted octanol–water partition coefficient (Wildman–Crippen LogP) is 1.97. The maximum absolute atomic E-state index is 13.1. The van der Waals surface area contributed by atoms with Crippen LogP contribution in [0.3, 0.4) is 0 Å². The van der Waals surface area contributed by atoms with Crippen molar-refractivity contribution >= 4 is 11.8 Å². The molecule has 5 nitrogen and oxygen atoms in total. The van der Waals surface area contributed by atoms with E-state index in [0.717, 1.165) is 12.1 Å². The summed E-state index contributed by atoms with van der Waals surface area (Å²) in [5.41, 5.74) is 6.29. The summed E-state index contributed by atoms with van der Waals surface area (Å²) in [6, 6.07) is 3.53. The second-order valence-corrected chi connectivity index (χ2v) is 4.08. The minimum absolute atomic E-state index is 0.00873. The van der Waals surface area contributed by atoms with E-state index in [1.165, 1.54) is 17.0 Å². The second-order valence-electron chi connectivity index (χ2n) is 4.08. The molecule has 1 aromatic carbocycles. The molecule has 20 heavy (non-hydrogen) atoms. The number of hydrogen-bond acceptors (Lipinski definition) is 4. The zero-order valence-corrected chi connectivity index (χ0v) is 10.8. The molecule has 0 spiro atoms. The largest absolute Gasteiger partial charge is 0.461 e. The molecule has 0 aliphatic carbocycles. The number of nitrogens with zero attached hydrogens (tertiary/aromatic N) is 2. The first-order valence-corrected chi connectivity index (χ1v) is 5.94. The lowest BCUT2D eigenvalue weighted by atomic mass is 10.2. The normalized spacial score (nSPS) is 10.6. The summed E-state index contributed by atoms with van der Waals surface area (Å²) < 4.78 is 32.2. The third kappa shape index (κ3) is 2.76. The van der Waals surface area contributed by atoms with Gasteiger partial charge in [0.2, 0.25) is 0 Å². The molecule has 0 saturated heterocycles. The van der Waals surface area contributed by atoms with E-state index in [-0.39, 0.29) is 24.7 Å². The molecule has 7 heteroatoms. The van der Waals surface area contributed by atoms with E-state index in [9.17, 15) is 13.6 Å². The molecular formula is C13H13F2N3O2. The number of esters is 1. The number of nitrogens with two attached hydrogens (primary N) is 1. The fraction of sp³-hybridized carbons (Fsp3) is 0.231. The standard InChI is InChI=1S/C13H13F2N3O2/c1-2-20-13(19)11-12(16)18(7-17-11)6-8-3-4-9(14)10(15)5-8/h3-5,7H,2,6,16H2,1H3. The van der Waals surface area contributed by atoms with Gasteiger partial charge in [-0.15, -0.1) is 0 Å². The SMILES string of the molecule is CCOC(=O)c1ncn(Cc2ccc(F)c(F)c2)c1N. The van der Waals surface area contributed by atoms with Gasteiger partial charge in [-0.1, -0.05) is 6.07 Å². The number of nitrogen functional groups attached to an aromatic ring is 1. The van der Waals surface area contributed by atoms with Crippen LogP contribution < -0.4 is 5.73 Å². The molecular weight excluding hydrogens is 268 g/mol. The summed E-state index contributed by atoms with van der Waals surface area (Å²) in [6.07, 6.45) is 1.35. The number of hydrogen-bond donors (Lipinski definition) is 1. The molecule has 0 bridgehead atoms. The van der Waals surface area contributed by atoms with Crippen LogP contribution >= 0.6 is 0 Å². The first kappa shape index (κ1) is 14.0. The van der Waals surface area contributed by atoms with Crippen LogP contribution in [0.2, 0.25) is 0 Å². The minimum Gasteiger partial charge on any atom is -0.461 e. The van der Waals surface area contributed by atoms with Crippen molar-refractivity contribution in [3.05, 3.63) is 47.4 Å². The zero-order valence-electron chi connectivity index (χ0n) is 10.8. The van der Waals surface area contributed by atoms with Crippen molar-refractivity contribution in [1.82, 2.24) is 9.55 Å². The quantitative estimate of drug-likeness (QED) is 0.870. The molecule has 0 unspecified atom stereocenters. The Hall–Kier alpha value is -2.44. The van der Waals surface area contributed by atoms with Gasteiger partial charge in [0.15, 0.2) is 17.3 Å². The highest BCUT2D eigenvalue weighted by Gasteiger charge is 2.17. The molecule has 2 N–H and O–H groups in total. The van der Waals surface area contributed by atoms with Crippen molar-refractivity contribution in [2.45, 2.75) is 13.5 Å². The molecule has 0 fully saturated rings. The lowest BCUT2D eigenvalue weighted by molar-refractivity contribution is 0.0521. The van der Waals surface area contributed by atoms with Crippen LogP contribution in [0.15, 0.2) is 24.5 Å². The van der Waals surface area contributed by atoms with E-state index in [0.29, 0.717) is 5.56 Å². The van der Waals surface area contributed by atoms with E-state index in [2.05, 4.69) is 4.98 Å². The minimum atomic E-state index is -0.938. The fourth-order valence-electron chi connectivity index (χ4n) is 1.71. The topological polar surface area (TPSA) is 70.1 Å². The van der Waals surface area contributed by atoms with Crippen molar-refractivity contribution in [3.8, 4) is 0 Å². The molecule has 0 atom stereocenters. The molecule has 1 heterocycles. The molecule has 1 aromatic heterocycles. The van der Waals surface area contributed by atoms with Gasteiger partial charge in [0.1, 0.15) is 5.82 Å². The number of ether oxygens (including phenoxy) is 1. The average molecular weight is 281 g/mol. The van der Waals surface area contributed by atoms with Crippen molar-refractivity contribution in [3.63, 3.8) is 0 Å². The third-order valence-electron chi connectivity index (χ3n) is 2.68. The highest BCUT2D eigenvalue weighted by Crippen LogP contribution is 2.15. The van der Waals surface area contributed by atoms with Gasteiger partial charge in [0.25, 0.3) is 0 Å². The Balaban J connectivity index is 2.22. The first-order valence-electron chi connectivity index (χ1n) is 5.94. The number of carbonyl (C=O) groups excluding carboxylic acids is 1. The predicted molar refractivity (Wildman–Crippen MR) is 68.1 cm³/mol. The highest BCUT2D eigenvalue weighted by molar-refractivity contribution is 5.92. The maximum Gasteiger partial charge on any atom is 0.360 e. The number of rotatable bonds is 4. The first-order chi connectivity index (χ1) is 9.52. The van der Waals surface area contributed by atoms with Crippen LogP contribution in [0.1, 0.15) is 23.0 Å². The van der Waals surface area contributed by atoms with E-state index >= 15 is 0 Å². The van der Waals surface area contributed by atoms with E-state index in [1.807, 2.05) is 0 Å². The van der Waals surface area contributed by atoms with Crippen LogP contribution in [0.25, 0.3) is 0 Å². The van der Waals surface area contributed by atoms with Gasteiger partial charge in [-0.05, 0) is 24.6 Å². The molecule has 0 aliphatic heterocycles. The Labute approximate surface area is 114 Å². The van der Waals surface area contributed by atoms with Gasteiger partial charge in [0, 0.05) is 0 Å². The Morgan fingerprint density at radius 3 is 2.80 bits per heavy atom. The molecule has 2 rings (SSSR count). The monoisotopic (exact) mass is 281 g/mol. The zero-order chi connectivity index (χ0) is 14.7. The van der Waals surface area contributed by atoms with Gasteiger partial charge in [-0.25, -0.2) is 18.6 Å². The van der Waals surface area contributed by atoms with Crippen molar-refractivity contribution in [2.75, 3.05) is 12.3 Å². The Morgan fingerprint density at radius 2 is 2.15 bits per heavy atom. The van der Waals surface area contributed by atoms with Crippen molar-refractivity contribution < 1.29 is 18.3 Å². The molecule has 0 amide bonds. The molecule has 2 aromatic rings. The summed E-state index contributed by atoms with van der Waals surface area (Å²) in [7, 11) is 0. The van der Waals surface area contributed by atoms with Gasteiger partial charge >= 0.3 is 5.97 Å². The Kier molecular flexibility index (Phi) is 3.97. The van der Waals surface area contributed by atoms with E-state index < -0.39 is 17.6 Å². The number of benzene rings is 1. The lowest BCUT2D eigenvalue weighted by Crippen LogP contribution is -2.10. The Morgan fingerprint density at radius 1 is 1.40 bits per heavy atom. The summed E-state index contributed by atoms with van der Waals surface area (Å²) in [6.45, 7) is 2.07. The second kappa shape index (κ2) is 5.68. The van der Waals surface area contributed by atoms with Gasteiger partial charge in [-0.3, -0.25) is 0 Å². The molecule has 0 saturated carbocycles. The summed E-state index contributed by atoms with van der Waals surface area (Å²) >= 11 is 0. The van der Waals surface area contributed by atoms with Crippen molar-refractivity contribution in [2.24, 2.45) is 0 Å². The molecule has 106 valence electrons. The number of imidazole rings is 1. The van der Waals surface area contributed by atoms with Crippen LogP contribution in [-0.4, -0.2) is 22.1 Å². The summed E-state index contributed by atoms with van der Waals surface area (Å²) in [5.74, 6) is -2.35. The number of halogens is 2. The molecule has 0 radical (unpaired) electrons. The van der Waals surface area contributed by atoms with Gasteiger partial charge in [-0.2, -0.15) is 0 Å². The number of anilines is 1. The maximum atomic E-state index is 13.1. The van der Waals surface area contributed by atoms with Gasteiger partial charge in [0.05, 0.1) is 19.5 Å². The van der Waals surface area contributed by atoms with E-state index in [4.69, 9.17) is 10.5 Å². The van der Waals surface area contributed by atoms with Crippen LogP contribution in [0.5, 0.6) is 0 Å². The summed E-state index contributed by atoms with van der Waals surface area (Å²) in [5, 5.41) is 0. The van der Waals surface area contributed by atoms with Crippen LogP contribution in [-0.2, 0) is 11.3 Å². The van der Waals surface area contributed by atoms with Gasteiger partial charge < -0.3 is 15.0 Å². The van der Waals surface area contributed by atoms with Crippen LogP contribution in [0, 0.1) is 11.6 Å². The number of carbonyl (C=O) groups is 1. The highest BCUT2D eigenvalue weighted by atomic mass is 19.2. The average Bonchev–Trinajstić information content (AvgIpc) is 2.76.